The Morgan fingerprint density at radius 2 is 1.59 bits per heavy atom. The minimum atomic E-state index is -4.13. The van der Waals surface area contributed by atoms with Crippen molar-refractivity contribution < 1.29 is 26.4 Å². The van der Waals surface area contributed by atoms with Crippen LogP contribution >= 0.6 is 0 Å². The third kappa shape index (κ3) is 4.48. The number of anilines is 1. The van der Waals surface area contributed by atoms with E-state index in [1.54, 1.807) is 0 Å². The highest BCUT2D eigenvalue weighted by Crippen LogP contribution is 2.23. The van der Waals surface area contributed by atoms with Crippen LogP contribution in [0.4, 0.5) is 18.9 Å². The predicted molar refractivity (Wildman–Crippen MR) is 93.3 cm³/mol. The van der Waals surface area contributed by atoms with E-state index in [4.69, 9.17) is 0 Å². The molecule has 1 amide bonds. The molecule has 0 radical (unpaired) electrons. The number of sulfonamides is 1. The number of benzene rings is 2. The summed E-state index contributed by atoms with van der Waals surface area (Å²) in [6.07, 6.45) is 3.15. The fourth-order valence-corrected chi connectivity index (χ4v) is 4.36. The highest BCUT2D eigenvalue weighted by Gasteiger charge is 2.26. The molecule has 1 aliphatic carbocycles. The molecule has 0 aromatic heterocycles. The van der Waals surface area contributed by atoms with Gasteiger partial charge in [-0.15, -0.1) is 0 Å². The number of rotatable bonds is 5. The van der Waals surface area contributed by atoms with Crippen LogP contribution < -0.4 is 10.0 Å². The summed E-state index contributed by atoms with van der Waals surface area (Å²) in [5.41, 5.74) is -0.148. The summed E-state index contributed by atoms with van der Waals surface area (Å²) in [5.74, 6) is -3.97. The monoisotopic (exact) mass is 398 g/mol. The van der Waals surface area contributed by atoms with Gasteiger partial charge in [-0.3, -0.25) is 4.79 Å². The normalized spacial score (nSPS) is 15.1. The lowest BCUT2D eigenvalue weighted by molar-refractivity contribution is 0.102. The Morgan fingerprint density at radius 1 is 0.926 bits per heavy atom. The zero-order chi connectivity index (χ0) is 19.6. The van der Waals surface area contributed by atoms with Crippen molar-refractivity contribution in [3.63, 3.8) is 0 Å². The van der Waals surface area contributed by atoms with Crippen LogP contribution in [0, 0.1) is 17.5 Å². The summed E-state index contributed by atoms with van der Waals surface area (Å²) in [6, 6.07) is 5.44. The molecule has 2 aromatic rings. The van der Waals surface area contributed by atoms with Crippen LogP contribution in [0.2, 0.25) is 0 Å². The largest absolute Gasteiger partial charge is 0.322 e. The molecule has 0 heterocycles. The second-order valence-corrected chi connectivity index (χ2v) is 8.01. The van der Waals surface area contributed by atoms with E-state index in [9.17, 15) is 26.4 Å². The predicted octanol–water partition coefficient (Wildman–Crippen LogP) is 3.58. The molecule has 3 rings (SSSR count). The quantitative estimate of drug-likeness (QED) is 0.809. The number of amides is 1. The van der Waals surface area contributed by atoms with E-state index in [0.29, 0.717) is 12.8 Å². The van der Waals surface area contributed by atoms with E-state index in [1.165, 1.54) is 0 Å². The third-order valence-electron chi connectivity index (χ3n) is 4.34. The van der Waals surface area contributed by atoms with Gasteiger partial charge in [-0.2, -0.15) is 0 Å². The summed E-state index contributed by atoms with van der Waals surface area (Å²) in [6.45, 7) is 0. The zero-order valence-corrected chi connectivity index (χ0v) is 15.0. The van der Waals surface area contributed by atoms with Crippen molar-refractivity contribution in [2.45, 2.75) is 36.6 Å². The number of carbonyl (C=O) groups excluding carboxylic acids is 1. The molecular formula is C18H17F3N2O3S. The van der Waals surface area contributed by atoms with E-state index in [0.717, 1.165) is 49.2 Å². The molecule has 144 valence electrons. The second kappa shape index (κ2) is 7.69. The van der Waals surface area contributed by atoms with Crippen molar-refractivity contribution in [3.05, 3.63) is 59.4 Å². The molecule has 1 saturated carbocycles. The molecule has 2 N–H and O–H groups in total. The van der Waals surface area contributed by atoms with Crippen LogP contribution in [0.25, 0.3) is 0 Å². The molecule has 2 aromatic carbocycles. The number of hydrogen-bond acceptors (Lipinski definition) is 3. The first-order valence-electron chi connectivity index (χ1n) is 8.34. The molecular weight excluding hydrogens is 381 g/mol. The maximum Gasteiger partial charge on any atom is 0.255 e. The van der Waals surface area contributed by atoms with Gasteiger partial charge in [0.05, 0.1) is 0 Å². The maximum atomic E-state index is 14.1. The SMILES string of the molecule is O=C(Nc1ccc(F)c(F)c1)c1ccc(F)c(S(=O)(=O)NC2CCCC2)c1. The maximum absolute atomic E-state index is 14.1. The molecule has 0 aliphatic heterocycles. The van der Waals surface area contributed by atoms with Gasteiger partial charge in [0.1, 0.15) is 10.7 Å². The lowest BCUT2D eigenvalue weighted by Gasteiger charge is -2.14. The van der Waals surface area contributed by atoms with Crippen LogP contribution in [0.1, 0.15) is 36.0 Å². The minimum absolute atomic E-state index is 0.0169. The zero-order valence-electron chi connectivity index (χ0n) is 14.1. The van der Waals surface area contributed by atoms with E-state index in [1.807, 2.05) is 0 Å². The number of hydrogen-bond donors (Lipinski definition) is 2. The topological polar surface area (TPSA) is 75.3 Å². The first kappa shape index (κ1) is 19.4. The van der Waals surface area contributed by atoms with E-state index in [2.05, 4.69) is 10.0 Å². The van der Waals surface area contributed by atoms with Crippen LogP contribution in [-0.2, 0) is 10.0 Å². The lowest BCUT2D eigenvalue weighted by atomic mass is 10.2. The van der Waals surface area contributed by atoms with Gasteiger partial charge in [0, 0.05) is 23.4 Å². The first-order chi connectivity index (χ1) is 12.8. The van der Waals surface area contributed by atoms with Gasteiger partial charge in [0.2, 0.25) is 10.0 Å². The Morgan fingerprint density at radius 3 is 2.26 bits per heavy atom. The van der Waals surface area contributed by atoms with Gasteiger partial charge < -0.3 is 5.32 Å². The van der Waals surface area contributed by atoms with E-state index in [-0.39, 0.29) is 17.3 Å². The van der Waals surface area contributed by atoms with Crippen LogP contribution in [-0.4, -0.2) is 20.4 Å². The van der Waals surface area contributed by atoms with Gasteiger partial charge in [0.25, 0.3) is 5.91 Å². The molecule has 0 unspecified atom stereocenters. The van der Waals surface area contributed by atoms with Crippen molar-refractivity contribution >= 4 is 21.6 Å². The average Bonchev–Trinajstić information content (AvgIpc) is 3.10. The van der Waals surface area contributed by atoms with Crippen molar-refractivity contribution in [1.82, 2.24) is 4.72 Å². The molecule has 0 spiro atoms. The molecule has 9 heteroatoms. The number of nitrogens with one attached hydrogen (secondary N) is 2. The average molecular weight is 398 g/mol. The second-order valence-electron chi connectivity index (χ2n) is 6.33. The van der Waals surface area contributed by atoms with Gasteiger partial charge in [0.15, 0.2) is 11.6 Å². The smallest absolute Gasteiger partial charge is 0.255 e. The minimum Gasteiger partial charge on any atom is -0.322 e. The Hall–Kier alpha value is -2.39. The van der Waals surface area contributed by atoms with Gasteiger partial charge in [-0.05, 0) is 43.2 Å². The van der Waals surface area contributed by atoms with Crippen molar-refractivity contribution in [2.75, 3.05) is 5.32 Å². The van der Waals surface area contributed by atoms with Crippen molar-refractivity contribution in [2.24, 2.45) is 0 Å². The van der Waals surface area contributed by atoms with Crippen LogP contribution in [0.5, 0.6) is 0 Å². The third-order valence-corrected chi connectivity index (χ3v) is 5.87. The summed E-state index contributed by atoms with van der Waals surface area (Å²) in [5, 5.41) is 2.31. The van der Waals surface area contributed by atoms with Crippen LogP contribution in [0.15, 0.2) is 41.3 Å². The Balaban J connectivity index is 1.83. The molecule has 1 fully saturated rings. The Kier molecular flexibility index (Phi) is 5.52. The fourth-order valence-electron chi connectivity index (χ4n) is 2.95. The van der Waals surface area contributed by atoms with Crippen molar-refractivity contribution in [3.8, 4) is 0 Å². The molecule has 1 aliphatic rings. The fraction of sp³-hybridized carbons (Fsp3) is 0.278. The molecule has 27 heavy (non-hydrogen) atoms. The van der Waals surface area contributed by atoms with Crippen molar-refractivity contribution in [1.29, 1.82) is 0 Å². The first-order valence-corrected chi connectivity index (χ1v) is 9.83. The van der Waals surface area contributed by atoms with E-state index < -0.39 is 38.3 Å². The lowest BCUT2D eigenvalue weighted by Crippen LogP contribution is -2.33. The Bertz CT molecular complexity index is 974. The van der Waals surface area contributed by atoms with Gasteiger partial charge in [-0.25, -0.2) is 26.3 Å². The van der Waals surface area contributed by atoms with Crippen LogP contribution in [0.3, 0.4) is 0 Å². The summed E-state index contributed by atoms with van der Waals surface area (Å²) in [7, 11) is -4.13. The summed E-state index contributed by atoms with van der Waals surface area (Å²) in [4.78, 5) is 11.6. The number of halogens is 3. The molecule has 0 atom stereocenters. The standard InChI is InChI=1S/C18H17F3N2O3S/c19-14-8-6-13(10-16(14)21)22-18(24)11-5-7-15(20)17(9-11)27(25,26)23-12-3-1-2-4-12/h5-10,12,23H,1-4H2,(H,22,24). The number of carbonyl (C=O) groups is 1. The molecule has 0 bridgehead atoms. The highest BCUT2D eigenvalue weighted by atomic mass is 32.2. The summed E-state index contributed by atoms with van der Waals surface area (Å²) >= 11 is 0. The highest BCUT2D eigenvalue weighted by molar-refractivity contribution is 7.89. The molecule has 0 saturated heterocycles. The summed E-state index contributed by atoms with van der Waals surface area (Å²) < 4.78 is 67.6. The Labute approximate surface area is 154 Å². The van der Waals surface area contributed by atoms with E-state index >= 15 is 0 Å². The molecule has 5 nitrogen and oxygen atoms in total. The van der Waals surface area contributed by atoms with Gasteiger partial charge >= 0.3 is 0 Å². The van der Waals surface area contributed by atoms with Gasteiger partial charge in [-0.1, -0.05) is 12.8 Å².